The van der Waals surface area contributed by atoms with Crippen LogP contribution in [0.1, 0.15) is 12.2 Å². The Morgan fingerprint density at radius 3 is 2.77 bits per heavy atom. The maximum absolute atomic E-state index is 5.08. The summed E-state index contributed by atoms with van der Waals surface area (Å²) >= 11 is 0. The minimum absolute atomic E-state index is 0.593. The van der Waals surface area contributed by atoms with Crippen molar-refractivity contribution in [3.63, 3.8) is 0 Å². The van der Waals surface area contributed by atoms with Gasteiger partial charge in [-0.25, -0.2) is 4.98 Å². The summed E-state index contributed by atoms with van der Waals surface area (Å²) in [5.74, 6) is 1.65. The first-order valence-electron chi connectivity index (χ1n) is 8.94. The molecular weight excluding hydrogens is 328 g/mol. The predicted molar refractivity (Wildman–Crippen MR) is 106 cm³/mol. The van der Waals surface area contributed by atoms with Gasteiger partial charge in [-0.05, 0) is 19.0 Å². The van der Waals surface area contributed by atoms with Gasteiger partial charge in [0, 0.05) is 40.4 Å². The molecule has 0 radical (unpaired) electrons. The van der Waals surface area contributed by atoms with E-state index in [0.29, 0.717) is 6.54 Å². The van der Waals surface area contributed by atoms with Crippen molar-refractivity contribution in [2.45, 2.75) is 13.0 Å². The van der Waals surface area contributed by atoms with Gasteiger partial charge >= 0.3 is 0 Å². The van der Waals surface area contributed by atoms with E-state index in [1.165, 1.54) is 0 Å². The van der Waals surface area contributed by atoms with E-state index in [1.54, 1.807) is 14.2 Å². The van der Waals surface area contributed by atoms with Crippen LogP contribution in [0.4, 0.5) is 0 Å². The fourth-order valence-electron chi connectivity index (χ4n) is 2.56. The first-order chi connectivity index (χ1) is 12.7. The highest BCUT2D eigenvalue weighted by Crippen LogP contribution is 2.15. The Labute approximate surface area is 155 Å². The van der Waals surface area contributed by atoms with Gasteiger partial charge in [-0.2, -0.15) is 0 Å². The van der Waals surface area contributed by atoms with E-state index < -0.39 is 0 Å². The number of guanidine groups is 1. The summed E-state index contributed by atoms with van der Waals surface area (Å²) in [7, 11) is 5.62. The van der Waals surface area contributed by atoms with Crippen molar-refractivity contribution in [3.05, 3.63) is 42.4 Å². The van der Waals surface area contributed by atoms with Crippen molar-refractivity contribution in [1.29, 1.82) is 0 Å². The predicted octanol–water partition coefficient (Wildman–Crippen LogP) is 1.71. The van der Waals surface area contributed by atoms with E-state index in [4.69, 9.17) is 4.74 Å². The molecule has 0 amide bonds. The van der Waals surface area contributed by atoms with Gasteiger partial charge in [-0.3, -0.25) is 4.99 Å². The van der Waals surface area contributed by atoms with E-state index in [-0.39, 0.29) is 0 Å². The Balaban J connectivity index is 1.71. The summed E-state index contributed by atoms with van der Waals surface area (Å²) in [5, 5.41) is 6.61. The molecule has 3 N–H and O–H groups in total. The van der Waals surface area contributed by atoms with Gasteiger partial charge in [0.25, 0.3) is 0 Å². The highest BCUT2D eigenvalue weighted by Gasteiger charge is 2.04. The van der Waals surface area contributed by atoms with E-state index >= 15 is 0 Å². The van der Waals surface area contributed by atoms with Crippen LogP contribution in [-0.4, -0.2) is 68.3 Å². The summed E-state index contributed by atoms with van der Waals surface area (Å²) in [5.41, 5.74) is 2.15. The lowest BCUT2D eigenvalue weighted by Gasteiger charge is -2.17. The highest BCUT2D eigenvalue weighted by atomic mass is 16.5. The average Bonchev–Trinajstić information content (AvgIpc) is 3.14. The Kier molecular flexibility index (Phi) is 8.65. The van der Waals surface area contributed by atoms with Gasteiger partial charge in [0.2, 0.25) is 0 Å². The zero-order chi connectivity index (χ0) is 18.6. The number of hydrogen-bond acceptors (Lipinski definition) is 4. The number of imidazole rings is 1. The van der Waals surface area contributed by atoms with Crippen molar-refractivity contribution in [2.75, 3.05) is 47.4 Å². The van der Waals surface area contributed by atoms with Crippen LogP contribution in [0.25, 0.3) is 11.3 Å². The van der Waals surface area contributed by atoms with Gasteiger partial charge in [-0.1, -0.05) is 30.3 Å². The van der Waals surface area contributed by atoms with Crippen LogP contribution in [0, 0.1) is 0 Å². The van der Waals surface area contributed by atoms with E-state index in [0.717, 1.165) is 55.7 Å². The summed E-state index contributed by atoms with van der Waals surface area (Å²) < 4.78 is 5.08. The molecule has 142 valence electrons. The number of nitrogens with zero attached hydrogens (tertiary/aromatic N) is 3. The third kappa shape index (κ3) is 6.85. The SMILES string of the molecule is CN=C(NCCN(C)CCCOC)NCc1ncc(-c2ccccc2)[nH]1. The number of ether oxygens (including phenoxy) is 1. The van der Waals surface area contributed by atoms with Crippen LogP contribution < -0.4 is 10.6 Å². The topological polar surface area (TPSA) is 77.6 Å². The quantitative estimate of drug-likeness (QED) is 0.342. The molecule has 0 spiro atoms. The number of hydrogen-bond donors (Lipinski definition) is 3. The smallest absolute Gasteiger partial charge is 0.191 e. The first-order valence-corrected chi connectivity index (χ1v) is 8.94. The lowest BCUT2D eigenvalue weighted by molar-refractivity contribution is 0.180. The standard InChI is InChI=1S/C19H30N6O/c1-20-19(21-10-12-25(2)11-7-13-26-3)23-15-18-22-14-17(24-18)16-8-5-4-6-9-16/h4-6,8-9,14H,7,10-13,15H2,1-3H3,(H,22,24)(H2,20,21,23). The lowest BCUT2D eigenvalue weighted by Crippen LogP contribution is -2.41. The van der Waals surface area contributed by atoms with Crippen LogP contribution in [0.15, 0.2) is 41.5 Å². The van der Waals surface area contributed by atoms with Gasteiger partial charge in [-0.15, -0.1) is 0 Å². The summed E-state index contributed by atoms with van der Waals surface area (Å²) in [6.07, 6.45) is 2.90. The number of likely N-dealkylation sites (N-methyl/N-ethyl adjacent to an activating group) is 1. The van der Waals surface area contributed by atoms with Gasteiger partial charge < -0.3 is 25.3 Å². The number of benzene rings is 1. The van der Waals surface area contributed by atoms with Crippen LogP contribution >= 0.6 is 0 Å². The van der Waals surface area contributed by atoms with Crippen molar-refractivity contribution in [3.8, 4) is 11.3 Å². The molecule has 0 unspecified atom stereocenters. The normalized spacial score (nSPS) is 11.8. The molecule has 0 aliphatic carbocycles. The fourth-order valence-corrected chi connectivity index (χ4v) is 2.56. The third-order valence-electron chi connectivity index (χ3n) is 4.03. The Bertz CT molecular complexity index is 655. The van der Waals surface area contributed by atoms with Crippen LogP contribution in [0.3, 0.4) is 0 Å². The molecule has 2 aromatic rings. The van der Waals surface area contributed by atoms with Crippen molar-refractivity contribution < 1.29 is 4.74 Å². The molecule has 0 saturated carbocycles. The molecule has 0 aliphatic rings. The third-order valence-corrected chi connectivity index (χ3v) is 4.03. The number of aromatic amines is 1. The minimum atomic E-state index is 0.593. The number of nitrogens with one attached hydrogen (secondary N) is 3. The largest absolute Gasteiger partial charge is 0.385 e. The molecule has 1 aromatic carbocycles. The first kappa shape index (κ1) is 19.9. The minimum Gasteiger partial charge on any atom is -0.385 e. The van der Waals surface area contributed by atoms with Crippen LogP contribution in [0.5, 0.6) is 0 Å². The average molecular weight is 358 g/mol. The molecule has 0 saturated heterocycles. The van der Waals surface area contributed by atoms with Gasteiger partial charge in [0.05, 0.1) is 18.4 Å². The number of aliphatic imine (C=N–C) groups is 1. The molecule has 26 heavy (non-hydrogen) atoms. The second-order valence-corrected chi connectivity index (χ2v) is 6.11. The second-order valence-electron chi connectivity index (χ2n) is 6.11. The van der Waals surface area contributed by atoms with Crippen molar-refractivity contribution in [1.82, 2.24) is 25.5 Å². The zero-order valence-electron chi connectivity index (χ0n) is 16.0. The lowest BCUT2D eigenvalue weighted by atomic mass is 10.2. The Morgan fingerprint density at radius 2 is 2.04 bits per heavy atom. The molecule has 0 fully saturated rings. The maximum Gasteiger partial charge on any atom is 0.191 e. The number of rotatable bonds is 10. The number of aromatic nitrogens is 2. The highest BCUT2D eigenvalue weighted by molar-refractivity contribution is 5.79. The maximum atomic E-state index is 5.08. The molecule has 7 nitrogen and oxygen atoms in total. The van der Waals surface area contributed by atoms with Gasteiger partial charge in [0.1, 0.15) is 5.82 Å². The number of methoxy groups -OCH3 is 1. The molecule has 1 aromatic heterocycles. The van der Waals surface area contributed by atoms with Crippen LogP contribution in [-0.2, 0) is 11.3 Å². The molecule has 0 atom stereocenters. The van der Waals surface area contributed by atoms with E-state index in [9.17, 15) is 0 Å². The zero-order valence-corrected chi connectivity index (χ0v) is 16.0. The fraction of sp³-hybridized carbons (Fsp3) is 0.474. The number of H-pyrrole nitrogens is 1. The molecule has 0 aliphatic heterocycles. The monoisotopic (exact) mass is 358 g/mol. The summed E-state index contributed by atoms with van der Waals surface area (Å²) in [4.78, 5) is 14.3. The van der Waals surface area contributed by atoms with Crippen molar-refractivity contribution >= 4 is 5.96 Å². The Hall–Kier alpha value is -2.38. The molecular formula is C19H30N6O. The summed E-state index contributed by atoms with van der Waals surface area (Å²) in [6, 6.07) is 10.2. The van der Waals surface area contributed by atoms with E-state index in [2.05, 4.69) is 49.7 Å². The second kappa shape index (κ2) is 11.3. The summed E-state index contributed by atoms with van der Waals surface area (Å²) in [6.45, 7) is 4.20. The molecule has 0 bridgehead atoms. The van der Waals surface area contributed by atoms with Crippen LogP contribution in [0.2, 0.25) is 0 Å². The molecule has 7 heteroatoms. The molecule has 2 rings (SSSR count). The molecule has 1 heterocycles. The van der Waals surface area contributed by atoms with Crippen molar-refractivity contribution in [2.24, 2.45) is 4.99 Å². The van der Waals surface area contributed by atoms with Gasteiger partial charge in [0.15, 0.2) is 5.96 Å². The van der Waals surface area contributed by atoms with E-state index in [1.807, 2.05) is 24.4 Å². The Morgan fingerprint density at radius 1 is 1.23 bits per heavy atom.